The van der Waals surface area contributed by atoms with Gasteiger partial charge in [-0.05, 0) is 67.9 Å². The fraction of sp³-hybridized carbons (Fsp3) is 0.368. The Morgan fingerprint density at radius 3 is 1.96 bits per heavy atom. The van der Waals surface area contributed by atoms with E-state index in [0.29, 0.717) is 5.56 Å². The van der Waals surface area contributed by atoms with E-state index in [0.717, 1.165) is 24.0 Å². The fourth-order valence-corrected chi connectivity index (χ4v) is 4.27. The van der Waals surface area contributed by atoms with Gasteiger partial charge < -0.3 is 0 Å². The van der Waals surface area contributed by atoms with E-state index in [4.69, 9.17) is 0 Å². The van der Waals surface area contributed by atoms with E-state index in [1.54, 1.807) is 13.0 Å². The van der Waals surface area contributed by atoms with E-state index in [9.17, 15) is 14.7 Å². The number of hydrogen-bond donors (Lipinski definition) is 0. The summed E-state index contributed by atoms with van der Waals surface area (Å²) in [6.45, 7) is 7.88. The number of rotatable bonds is 8. The first kappa shape index (κ1) is 19.9. The monoisotopic (exact) mass is 373 g/mol. The van der Waals surface area contributed by atoms with Crippen LogP contribution in [0.4, 0.5) is 0 Å². The molecular weight excluding hydrogens is 350 g/mol. The second-order valence-electron chi connectivity index (χ2n) is 6.51. The van der Waals surface area contributed by atoms with Gasteiger partial charge in [-0.15, -0.1) is 14.7 Å². The zero-order valence-electron chi connectivity index (χ0n) is 15.4. The Labute approximate surface area is 155 Å². The molecule has 0 aromatic heterocycles. The highest BCUT2D eigenvalue weighted by molar-refractivity contribution is 8.30. The summed E-state index contributed by atoms with van der Waals surface area (Å²) in [5, 5.41) is 0. The van der Waals surface area contributed by atoms with Crippen molar-refractivity contribution in [1.29, 1.82) is 0 Å². The van der Waals surface area contributed by atoms with Crippen LogP contribution in [0.3, 0.4) is 0 Å². The molecule has 0 aliphatic heterocycles. The summed E-state index contributed by atoms with van der Waals surface area (Å²) in [5.41, 5.74) is 5.06. The maximum atomic E-state index is 11.2. The van der Waals surface area contributed by atoms with Gasteiger partial charge in [-0.25, -0.2) is 0 Å². The Morgan fingerprint density at radius 2 is 1.46 bits per heavy atom. The van der Waals surface area contributed by atoms with Gasteiger partial charge in [0, 0.05) is 13.7 Å². The number of nitrogens with zero attached hydrogens (tertiary/aromatic N) is 3. The molecule has 1 atom stereocenters. The minimum absolute atomic E-state index is 0.233. The van der Waals surface area contributed by atoms with Crippen molar-refractivity contribution in [2.75, 3.05) is 0 Å². The molecule has 0 heterocycles. The molecule has 138 valence electrons. The maximum Gasteiger partial charge on any atom is 0.197 e. The van der Waals surface area contributed by atoms with Crippen molar-refractivity contribution in [2.45, 2.75) is 51.3 Å². The van der Waals surface area contributed by atoms with Crippen LogP contribution < -0.4 is 0 Å². The van der Waals surface area contributed by atoms with Crippen molar-refractivity contribution in [3.8, 4) is 0 Å². The first-order valence-electron chi connectivity index (χ1n) is 8.44. The lowest BCUT2D eigenvalue weighted by molar-refractivity contribution is 0.657. The first-order valence-corrected chi connectivity index (χ1v) is 9.95. The van der Waals surface area contributed by atoms with Crippen LogP contribution in [0.15, 0.2) is 55.0 Å². The van der Waals surface area contributed by atoms with Gasteiger partial charge in [-0.3, -0.25) is 0 Å². The summed E-state index contributed by atoms with van der Waals surface area (Å²) in [5.74, 6) is 0.284. The molecule has 7 heteroatoms. The predicted molar refractivity (Wildman–Crippen MR) is 107 cm³/mol. The average molecular weight is 373 g/mol. The van der Waals surface area contributed by atoms with E-state index < -0.39 is 10.6 Å². The molecule has 0 bridgehead atoms. The van der Waals surface area contributed by atoms with E-state index in [1.807, 2.05) is 13.0 Å². The standard InChI is InChI=1S/C19H23N3O3S/c1-5-16(17-8-6-13(2)7-9-17)11-18-12-19(15(4)10-14(18)3)26(20-23,21-24)22-25/h6-10,12,16H,5,11H2,1-4H3/t16-/m1/s1. The van der Waals surface area contributed by atoms with Gasteiger partial charge >= 0.3 is 0 Å². The van der Waals surface area contributed by atoms with Gasteiger partial charge in [-0.2, -0.15) is 0 Å². The fourth-order valence-electron chi connectivity index (χ4n) is 3.15. The Morgan fingerprint density at radius 1 is 0.885 bits per heavy atom. The summed E-state index contributed by atoms with van der Waals surface area (Å²) in [4.78, 5) is 33.7. The topological polar surface area (TPSA) is 88.3 Å². The first-order chi connectivity index (χ1) is 12.4. The van der Waals surface area contributed by atoms with Crippen LogP contribution in [0.25, 0.3) is 0 Å². The van der Waals surface area contributed by atoms with E-state index in [1.165, 1.54) is 11.1 Å². The van der Waals surface area contributed by atoms with Crippen molar-refractivity contribution in [3.63, 3.8) is 0 Å². The van der Waals surface area contributed by atoms with Crippen molar-refractivity contribution >= 4 is 10.6 Å². The number of hydrogen-bond acceptors (Lipinski definition) is 6. The third-order valence-corrected chi connectivity index (χ3v) is 6.40. The van der Waals surface area contributed by atoms with Gasteiger partial charge in [0.15, 0.2) is 10.6 Å². The molecular formula is C19H23N3O3S. The Hall–Kier alpha value is -2.41. The largest absolute Gasteiger partial charge is 0.197 e. The highest BCUT2D eigenvalue weighted by Gasteiger charge is 2.33. The molecule has 2 aromatic carbocycles. The lowest BCUT2D eigenvalue weighted by Crippen LogP contribution is -2.05. The second kappa shape index (κ2) is 8.31. The van der Waals surface area contributed by atoms with Gasteiger partial charge in [0.1, 0.15) is 0 Å². The number of benzene rings is 2. The van der Waals surface area contributed by atoms with Crippen LogP contribution >= 0.6 is 10.6 Å². The molecule has 0 fully saturated rings. The third kappa shape index (κ3) is 3.88. The molecule has 0 saturated heterocycles. The molecule has 0 unspecified atom stereocenters. The molecule has 0 spiro atoms. The number of nitroso groups, excluding NO2 is 3. The lowest BCUT2D eigenvalue weighted by atomic mass is 9.87. The van der Waals surface area contributed by atoms with Crippen LogP contribution in [0.2, 0.25) is 0 Å². The summed E-state index contributed by atoms with van der Waals surface area (Å²) >= 11 is 0. The summed E-state index contributed by atoms with van der Waals surface area (Å²) in [6, 6.07) is 12.0. The van der Waals surface area contributed by atoms with Crippen LogP contribution in [0.5, 0.6) is 0 Å². The molecule has 6 nitrogen and oxygen atoms in total. The average Bonchev–Trinajstić information content (AvgIpc) is 2.65. The molecule has 0 radical (unpaired) electrons. The zero-order valence-corrected chi connectivity index (χ0v) is 16.2. The zero-order chi connectivity index (χ0) is 19.3. The summed E-state index contributed by atoms with van der Waals surface area (Å²) < 4.78 is 8.10. The molecule has 26 heavy (non-hydrogen) atoms. The normalized spacial score (nSPS) is 13.1. The van der Waals surface area contributed by atoms with Gasteiger partial charge in [-0.1, -0.05) is 42.8 Å². The minimum Gasteiger partial charge on any atom is -0.135 e. The summed E-state index contributed by atoms with van der Waals surface area (Å²) in [7, 11) is -3.46. The maximum absolute atomic E-state index is 11.2. The van der Waals surface area contributed by atoms with Crippen molar-refractivity contribution in [1.82, 2.24) is 0 Å². The smallest absolute Gasteiger partial charge is 0.135 e. The van der Waals surface area contributed by atoms with Gasteiger partial charge in [0.05, 0.1) is 4.90 Å². The minimum atomic E-state index is -3.46. The predicted octanol–water partition coefficient (Wildman–Crippen LogP) is 6.56. The molecule has 0 saturated carbocycles. The second-order valence-corrected chi connectivity index (χ2v) is 8.43. The molecule has 0 aliphatic rings. The van der Waals surface area contributed by atoms with Crippen LogP contribution in [0.1, 0.15) is 47.1 Å². The molecule has 2 rings (SSSR count). The Bertz CT molecular complexity index is 800. The van der Waals surface area contributed by atoms with Gasteiger partial charge in [0.2, 0.25) is 0 Å². The SMILES string of the molecule is CC[C@H](Cc1cc(S(N=O)(N=O)N=O)c(C)cc1C)c1ccc(C)cc1. The van der Waals surface area contributed by atoms with Crippen LogP contribution in [-0.4, -0.2) is 0 Å². The van der Waals surface area contributed by atoms with Crippen molar-refractivity contribution in [3.05, 3.63) is 78.9 Å². The van der Waals surface area contributed by atoms with Crippen molar-refractivity contribution < 1.29 is 0 Å². The molecule has 0 aliphatic carbocycles. The number of aryl methyl sites for hydroxylation is 3. The van der Waals surface area contributed by atoms with Gasteiger partial charge in [0.25, 0.3) is 0 Å². The highest BCUT2D eigenvalue weighted by atomic mass is 32.3. The summed E-state index contributed by atoms with van der Waals surface area (Å²) in [6.07, 6.45) is 1.66. The Balaban J connectivity index is 2.47. The Kier molecular flexibility index (Phi) is 6.37. The van der Waals surface area contributed by atoms with Crippen LogP contribution in [0, 0.1) is 35.5 Å². The van der Waals surface area contributed by atoms with Crippen molar-refractivity contribution in [2.24, 2.45) is 13.7 Å². The van der Waals surface area contributed by atoms with E-state index in [-0.39, 0.29) is 10.8 Å². The third-order valence-electron chi connectivity index (χ3n) is 4.75. The van der Waals surface area contributed by atoms with Crippen LogP contribution in [-0.2, 0) is 6.42 Å². The highest BCUT2D eigenvalue weighted by Crippen LogP contribution is 2.61. The molecule has 0 N–H and O–H groups in total. The van der Waals surface area contributed by atoms with E-state index >= 15 is 0 Å². The molecule has 2 aromatic rings. The molecule has 0 amide bonds. The lowest BCUT2D eigenvalue weighted by Gasteiger charge is -2.22. The quantitative estimate of drug-likeness (QED) is 0.491. The van der Waals surface area contributed by atoms with E-state index in [2.05, 4.69) is 51.9 Å².